The first-order valence-electron chi connectivity index (χ1n) is 4.67. The summed E-state index contributed by atoms with van der Waals surface area (Å²) in [6, 6.07) is 0. The lowest BCUT2D eigenvalue weighted by Gasteiger charge is -2.44. The summed E-state index contributed by atoms with van der Waals surface area (Å²) < 4.78 is 0. The normalized spacial score (nSPS) is 27.1. The van der Waals surface area contributed by atoms with Gasteiger partial charge >= 0.3 is 0 Å². The van der Waals surface area contributed by atoms with Gasteiger partial charge in [0.05, 0.1) is 0 Å². The number of rotatable bonds is 1. The van der Waals surface area contributed by atoms with Gasteiger partial charge in [0.2, 0.25) is 0 Å². The van der Waals surface area contributed by atoms with Crippen molar-refractivity contribution in [1.82, 2.24) is 5.32 Å². The standard InChI is InChI=1S/C10H18NO2/c1-9(2)5-7(8(12)13)6-10(3,4)11-9/h7H,5-6H2,1-4H3,(H,12,13)/p-1. The van der Waals surface area contributed by atoms with E-state index in [-0.39, 0.29) is 17.0 Å². The Hall–Kier alpha value is -0.570. The molecule has 0 bridgehead atoms. The Morgan fingerprint density at radius 2 is 1.62 bits per heavy atom. The van der Waals surface area contributed by atoms with Crippen molar-refractivity contribution in [2.75, 3.05) is 0 Å². The van der Waals surface area contributed by atoms with Gasteiger partial charge in [0.25, 0.3) is 0 Å². The maximum atomic E-state index is 10.8. The van der Waals surface area contributed by atoms with Crippen molar-refractivity contribution in [3.63, 3.8) is 0 Å². The molecule has 3 heteroatoms. The fourth-order valence-corrected chi connectivity index (χ4v) is 2.36. The number of carbonyl (C=O) groups is 1. The van der Waals surface area contributed by atoms with Crippen molar-refractivity contribution in [3.8, 4) is 0 Å². The van der Waals surface area contributed by atoms with Gasteiger partial charge < -0.3 is 9.90 Å². The first-order valence-corrected chi connectivity index (χ1v) is 4.67. The number of carboxylic acid groups (broad SMARTS) is 1. The summed E-state index contributed by atoms with van der Waals surface area (Å²) in [5.74, 6) is -1.28. The minimum absolute atomic E-state index is 0.230. The van der Waals surface area contributed by atoms with E-state index in [4.69, 9.17) is 0 Å². The zero-order valence-corrected chi connectivity index (χ0v) is 8.76. The van der Waals surface area contributed by atoms with Crippen molar-refractivity contribution in [1.29, 1.82) is 0 Å². The SMILES string of the molecule is CC1(C)CC(C(=O)[O-])CC(C)(C)[N]1. The molecule has 0 aromatic carbocycles. The Morgan fingerprint density at radius 3 is 1.92 bits per heavy atom. The number of hydrogen-bond acceptors (Lipinski definition) is 2. The second-order valence-electron chi connectivity index (χ2n) is 5.16. The molecule has 1 radical (unpaired) electrons. The number of carboxylic acids is 1. The van der Waals surface area contributed by atoms with Crippen LogP contribution >= 0.6 is 0 Å². The molecule has 0 N–H and O–H groups in total. The highest BCUT2D eigenvalue weighted by Crippen LogP contribution is 2.33. The molecule has 0 aromatic rings. The van der Waals surface area contributed by atoms with E-state index in [1.165, 1.54) is 0 Å². The van der Waals surface area contributed by atoms with Crippen LogP contribution in [0.1, 0.15) is 40.5 Å². The zero-order chi connectivity index (χ0) is 10.3. The Labute approximate surface area is 79.5 Å². The zero-order valence-electron chi connectivity index (χ0n) is 8.76. The first kappa shape index (κ1) is 10.5. The van der Waals surface area contributed by atoms with Crippen LogP contribution in [0.15, 0.2) is 0 Å². The van der Waals surface area contributed by atoms with Gasteiger partial charge in [0.15, 0.2) is 0 Å². The van der Waals surface area contributed by atoms with Crippen LogP contribution in [0.5, 0.6) is 0 Å². The van der Waals surface area contributed by atoms with Crippen LogP contribution in [0, 0.1) is 5.92 Å². The topological polar surface area (TPSA) is 54.2 Å². The molecule has 1 fully saturated rings. The second kappa shape index (κ2) is 2.98. The van der Waals surface area contributed by atoms with Crippen molar-refractivity contribution >= 4 is 5.97 Å². The van der Waals surface area contributed by atoms with Gasteiger partial charge in [-0.05, 0) is 40.5 Å². The first-order chi connectivity index (χ1) is 5.72. The molecule has 0 aliphatic carbocycles. The summed E-state index contributed by atoms with van der Waals surface area (Å²) in [5.41, 5.74) is -0.459. The summed E-state index contributed by atoms with van der Waals surface area (Å²) in [6.07, 6.45) is 1.19. The van der Waals surface area contributed by atoms with Crippen molar-refractivity contribution < 1.29 is 9.90 Å². The summed E-state index contributed by atoms with van der Waals surface area (Å²) in [5, 5.41) is 15.4. The minimum atomic E-state index is -0.934. The molecule has 0 amide bonds. The van der Waals surface area contributed by atoms with E-state index in [2.05, 4.69) is 5.32 Å². The molecule has 1 saturated heterocycles. The Balaban J connectivity index is 2.78. The molecule has 0 spiro atoms. The van der Waals surface area contributed by atoms with E-state index in [1.807, 2.05) is 27.7 Å². The van der Waals surface area contributed by atoms with Crippen LogP contribution in [0.3, 0.4) is 0 Å². The van der Waals surface area contributed by atoms with Crippen LogP contribution in [-0.4, -0.2) is 17.0 Å². The highest BCUT2D eigenvalue weighted by molar-refractivity contribution is 5.68. The average molecular weight is 183 g/mol. The van der Waals surface area contributed by atoms with E-state index >= 15 is 0 Å². The van der Waals surface area contributed by atoms with Crippen LogP contribution in [-0.2, 0) is 4.79 Å². The summed E-state index contributed by atoms with van der Waals surface area (Å²) in [7, 11) is 0. The van der Waals surface area contributed by atoms with Crippen LogP contribution < -0.4 is 10.4 Å². The second-order valence-corrected chi connectivity index (χ2v) is 5.16. The van der Waals surface area contributed by atoms with E-state index in [0.29, 0.717) is 12.8 Å². The van der Waals surface area contributed by atoms with Crippen molar-refractivity contribution in [2.45, 2.75) is 51.6 Å². The van der Waals surface area contributed by atoms with Gasteiger partial charge in [-0.2, -0.15) is 0 Å². The van der Waals surface area contributed by atoms with E-state index in [1.54, 1.807) is 0 Å². The molecule has 0 atom stereocenters. The molecule has 1 aliphatic heterocycles. The number of carbonyl (C=O) groups excluding carboxylic acids is 1. The number of hydrogen-bond donors (Lipinski definition) is 0. The third kappa shape index (κ3) is 2.69. The largest absolute Gasteiger partial charge is 0.550 e. The van der Waals surface area contributed by atoms with Gasteiger partial charge in [-0.15, -0.1) is 0 Å². The van der Waals surface area contributed by atoms with E-state index in [9.17, 15) is 9.90 Å². The number of aliphatic carboxylic acids is 1. The quantitative estimate of drug-likeness (QED) is 0.587. The maximum absolute atomic E-state index is 10.8. The number of nitrogens with zero attached hydrogens (tertiary/aromatic N) is 1. The summed E-state index contributed by atoms with van der Waals surface area (Å²) in [6.45, 7) is 7.90. The molecule has 75 valence electrons. The van der Waals surface area contributed by atoms with E-state index < -0.39 is 5.97 Å². The summed E-state index contributed by atoms with van der Waals surface area (Å²) in [4.78, 5) is 10.8. The molecule has 0 saturated carbocycles. The van der Waals surface area contributed by atoms with Crippen LogP contribution in [0.2, 0.25) is 0 Å². The van der Waals surface area contributed by atoms with Gasteiger partial charge in [-0.25, -0.2) is 5.32 Å². The average Bonchev–Trinajstić information content (AvgIpc) is 1.79. The molecule has 1 aliphatic rings. The van der Waals surface area contributed by atoms with Crippen LogP contribution in [0.25, 0.3) is 0 Å². The summed E-state index contributed by atoms with van der Waals surface area (Å²) >= 11 is 0. The van der Waals surface area contributed by atoms with Gasteiger partial charge in [0, 0.05) is 23.0 Å². The Kier molecular flexibility index (Phi) is 2.41. The third-order valence-corrected chi connectivity index (χ3v) is 2.43. The fraction of sp³-hybridized carbons (Fsp3) is 0.900. The molecule has 0 aromatic heterocycles. The molecule has 0 unspecified atom stereocenters. The molecule has 1 rings (SSSR count). The fourth-order valence-electron chi connectivity index (χ4n) is 2.36. The molecular formula is C10H17NO2-. The molecule has 3 nitrogen and oxygen atoms in total. The highest BCUT2D eigenvalue weighted by atomic mass is 16.4. The molecule has 1 heterocycles. The van der Waals surface area contributed by atoms with Crippen molar-refractivity contribution in [2.24, 2.45) is 5.92 Å². The monoisotopic (exact) mass is 183 g/mol. The van der Waals surface area contributed by atoms with E-state index in [0.717, 1.165) is 0 Å². The van der Waals surface area contributed by atoms with Crippen LogP contribution in [0.4, 0.5) is 0 Å². The molecular weight excluding hydrogens is 166 g/mol. The third-order valence-electron chi connectivity index (χ3n) is 2.43. The molecule has 13 heavy (non-hydrogen) atoms. The number of piperidine rings is 1. The predicted molar refractivity (Wildman–Crippen MR) is 48.0 cm³/mol. The van der Waals surface area contributed by atoms with Crippen molar-refractivity contribution in [3.05, 3.63) is 0 Å². The lowest BCUT2D eigenvalue weighted by molar-refractivity contribution is -0.313. The Morgan fingerprint density at radius 1 is 1.23 bits per heavy atom. The predicted octanol–water partition coefficient (Wildman–Crippen LogP) is 0.308. The highest BCUT2D eigenvalue weighted by Gasteiger charge is 2.39. The smallest absolute Gasteiger partial charge is 0.0446 e. The lowest BCUT2D eigenvalue weighted by Crippen LogP contribution is -2.55. The van der Waals surface area contributed by atoms with Gasteiger partial charge in [-0.3, -0.25) is 0 Å². The Bertz CT molecular complexity index is 205. The van der Waals surface area contributed by atoms with Gasteiger partial charge in [0.1, 0.15) is 0 Å². The van der Waals surface area contributed by atoms with Gasteiger partial charge in [-0.1, -0.05) is 0 Å². The lowest BCUT2D eigenvalue weighted by atomic mass is 9.76. The minimum Gasteiger partial charge on any atom is -0.550 e. The maximum Gasteiger partial charge on any atom is 0.0446 e.